The average Bonchev–Trinajstić information content (AvgIpc) is 3.11. The van der Waals surface area contributed by atoms with E-state index in [9.17, 15) is 0 Å². The molecule has 1 aliphatic carbocycles. The van der Waals surface area contributed by atoms with Crippen LogP contribution in [0.15, 0.2) is 24.3 Å². The molecule has 94 valence electrons. The number of hydrogen-bond donors (Lipinski definition) is 2. The van der Waals surface area contributed by atoms with Crippen molar-refractivity contribution in [1.82, 2.24) is 5.32 Å². The van der Waals surface area contributed by atoms with Crippen LogP contribution in [0.25, 0.3) is 0 Å². The molecular formula is C14H22N2O. The first-order valence-electron chi connectivity index (χ1n) is 6.26. The molecule has 2 rings (SSSR count). The molecule has 0 heterocycles. The van der Waals surface area contributed by atoms with Gasteiger partial charge in [0.25, 0.3) is 0 Å². The fraction of sp³-hybridized carbons (Fsp3) is 0.571. The molecule has 0 bridgehead atoms. The van der Waals surface area contributed by atoms with Crippen molar-refractivity contribution in [2.45, 2.75) is 31.3 Å². The van der Waals surface area contributed by atoms with E-state index in [1.54, 1.807) is 7.11 Å². The summed E-state index contributed by atoms with van der Waals surface area (Å²) in [7, 11) is 1.75. The highest BCUT2D eigenvalue weighted by Gasteiger charge is 2.43. The third-order valence-corrected chi connectivity index (χ3v) is 3.67. The Kier molecular flexibility index (Phi) is 3.69. The van der Waals surface area contributed by atoms with Gasteiger partial charge in [0.2, 0.25) is 0 Å². The van der Waals surface area contributed by atoms with Gasteiger partial charge in [0.05, 0.1) is 6.10 Å². The Morgan fingerprint density at radius 1 is 1.35 bits per heavy atom. The maximum atomic E-state index is 5.72. The molecule has 1 aliphatic rings. The van der Waals surface area contributed by atoms with Crippen LogP contribution in [0.3, 0.4) is 0 Å². The number of hydrogen-bond acceptors (Lipinski definition) is 3. The van der Waals surface area contributed by atoms with Gasteiger partial charge in [0.1, 0.15) is 0 Å². The monoisotopic (exact) mass is 234 g/mol. The van der Waals surface area contributed by atoms with Crippen LogP contribution < -0.4 is 11.1 Å². The zero-order valence-corrected chi connectivity index (χ0v) is 10.7. The molecule has 0 saturated heterocycles. The zero-order chi connectivity index (χ0) is 12.3. The molecule has 0 radical (unpaired) electrons. The first-order chi connectivity index (χ1) is 8.16. The smallest absolute Gasteiger partial charge is 0.0667 e. The Balaban J connectivity index is 1.89. The van der Waals surface area contributed by atoms with Crippen molar-refractivity contribution in [2.24, 2.45) is 0 Å². The van der Waals surface area contributed by atoms with E-state index in [1.165, 1.54) is 18.4 Å². The van der Waals surface area contributed by atoms with Crippen molar-refractivity contribution in [3.05, 3.63) is 29.8 Å². The van der Waals surface area contributed by atoms with Gasteiger partial charge in [-0.05, 0) is 37.5 Å². The van der Waals surface area contributed by atoms with E-state index in [1.807, 2.05) is 12.1 Å². The standard InChI is InChI=1S/C14H22N2O/c1-11(17-2)9-16-10-14(7-8-14)12-3-5-13(15)6-4-12/h3-6,11,16H,7-10,15H2,1-2H3. The molecule has 3 N–H and O–H groups in total. The summed E-state index contributed by atoms with van der Waals surface area (Å²) in [6.07, 6.45) is 2.81. The van der Waals surface area contributed by atoms with E-state index in [-0.39, 0.29) is 6.10 Å². The highest BCUT2D eigenvalue weighted by atomic mass is 16.5. The number of nitrogens with one attached hydrogen (secondary N) is 1. The lowest BCUT2D eigenvalue weighted by atomic mass is 9.95. The largest absolute Gasteiger partial charge is 0.399 e. The van der Waals surface area contributed by atoms with Crippen LogP contribution in [-0.2, 0) is 10.2 Å². The topological polar surface area (TPSA) is 47.3 Å². The number of rotatable bonds is 6. The van der Waals surface area contributed by atoms with E-state index in [4.69, 9.17) is 10.5 Å². The van der Waals surface area contributed by atoms with Crippen LogP contribution in [0.5, 0.6) is 0 Å². The van der Waals surface area contributed by atoms with Crippen LogP contribution >= 0.6 is 0 Å². The fourth-order valence-corrected chi connectivity index (χ4v) is 2.15. The molecule has 0 amide bonds. The lowest BCUT2D eigenvalue weighted by Crippen LogP contribution is -2.32. The van der Waals surface area contributed by atoms with Gasteiger partial charge in [0.15, 0.2) is 0 Å². The Hall–Kier alpha value is -1.06. The molecule has 17 heavy (non-hydrogen) atoms. The highest BCUT2D eigenvalue weighted by Crippen LogP contribution is 2.47. The number of benzene rings is 1. The van der Waals surface area contributed by atoms with Crippen LogP contribution in [0.2, 0.25) is 0 Å². The van der Waals surface area contributed by atoms with Crippen LogP contribution in [0, 0.1) is 0 Å². The van der Waals surface area contributed by atoms with E-state index in [0.29, 0.717) is 5.41 Å². The van der Waals surface area contributed by atoms with Crippen LogP contribution in [0.4, 0.5) is 5.69 Å². The Bertz CT molecular complexity index is 357. The predicted molar refractivity (Wildman–Crippen MR) is 71.1 cm³/mol. The summed E-state index contributed by atoms with van der Waals surface area (Å²) in [4.78, 5) is 0. The summed E-state index contributed by atoms with van der Waals surface area (Å²) in [6.45, 7) is 4.02. The average molecular weight is 234 g/mol. The SMILES string of the molecule is COC(C)CNCC1(c2ccc(N)cc2)CC1. The third-order valence-electron chi connectivity index (χ3n) is 3.67. The number of anilines is 1. The van der Waals surface area contributed by atoms with E-state index in [2.05, 4.69) is 24.4 Å². The van der Waals surface area contributed by atoms with Crippen molar-refractivity contribution in [2.75, 3.05) is 25.9 Å². The molecule has 3 heteroatoms. The lowest BCUT2D eigenvalue weighted by molar-refractivity contribution is 0.116. The van der Waals surface area contributed by atoms with Gasteiger partial charge in [-0.3, -0.25) is 0 Å². The molecule has 1 unspecified atom stereocenters. The number of ether oxygens (including phenoxy) is 1. The molecule has 1 fully saturated rings. The van der Waals surface area contributed by atoms with Gasteiger partial charge in [-0.1, -0.05) is 12.1 Å². The molecule has 0 aliphatic heterocycles. The second-order valence-corrected chi connectivity index (χ2v) is 5.08. The van der Waals surface area contributed by atoms with Crippen LogP contribution in [-0.4, -0.2) is 26.3 Å². The molecular weight excluding hydrogens is 212 g/mol. The molecule has 0 aromatic heterocycles. The van der Waals surface area contributed by atoms with Gasteiger partial charge in [-0.25, -0.2) is 0 Å². The second kappa shape index (κ2) is 5.07. The van der Waals surface area contributed by atoms with Crippen molar-refractivity contribution in [3.63, 3.8) is 0 Å². The molecule has 1 atom stereocenters. The van der Waals surface area contributed by atoms with Gasteiger partial charge in [-0.2, -0.15) is 0 Å². The molecule has 0 spiro atoms. The predicted octanol–water partition coefficient (Wildman–Crippen LogP) is 1.92. The van der Waals surface area contributed by atoms with Gasteiger partial charge >= 0.3 is 0 Å². The third kappa shape index (κ3) is 2.99. The summed E-state index contributed by atoms with van der Waals surface area (Å²) in [5, 5.41) is 3.50. The van der Waals surface area contributed by atoms with Crippen molar-refractivity contribution in [3.8, 4) is 0 Å². The van der Waals surface area contributed by atoms with E-state index >= 15 is 0 Å². The molecule has 1 aromatic rings. The fourth-order valence-electron chi connectivity index (χ4n) is 2.15. The quantitative estimate of drug-likeness (QED) is 0.739. The Morgan fingerprint density at radius 3 is 2.53 bits per heavy atom. The maximum absolute atomic E-state index is 5.72. The van der Waals surface area contributed by atoms with Gasteiger partial charge < -0.3 is 15.8 Å². The minimum absolute atomic E-state index is 0.275. The minimum Gasteiger partial charge on any atom is -0.399 e. The first-order valence-corrected chi connectivity index (χ1v) is 6.26. The Labute approximate surface area is 103 Å². The summed E-state index contributed by atoms with van der Waals surface area (Å²) in [5.74, 6) is 0. The zero-order valence-electron chi connectivity index (χ0n) is 10.7. The number of methoxy groups -OCH3 is 1. The maximum Gasteiger partial charge on any atom is 0.0667 e. The van der Waals surface area contributed by atoms with Gasteiger partial charge in [0, 0.05) is 31.3 Å². The van der Waals surface area contributed by atoms with Gasteiger partial charge in [-0.15, -0.1) is 0 Å². The Morgan fingerprint density at radius 2 is 2.00 bits per heavy atom. The summed E-state index contributed by atoms with van der Waals surface area (Å²) < 4.78 is 5.23. The van der Waals surface area contributed by atoms with Crippen molar-refractivity contribution in [1.29, 1.82) is 0 Å². The van der Waals surface area contributed by atoms with Crippen molar-refractivity contribution < 1.29 is 4.74 Å². The molecule has 1 saturated carbocycles. The number of nitrogens with two attached hydrogens (primary N) is 1. The summed E-state index contributed by atoms with van der Waals surface area (Å²) in [6, 6.07) is 8.30. The molecule has 3 nitrogen and oxygen atoms in total. The summed E-state index contributed by atoms with van der Waals surface area (Å²) >= 11 is 0. The van der Waals surface area contributed by atoms with E-state index in [0.717, 1.165) is 18.8 Å². The lowest BCUT2D eigenvalue weighted by Gasteiger charge is -2.18. The highest BCUT2D eigenvalue weighted by molar-refractivity contribution is 5.43. The van der Waals surface area contributed by atoms with Crippen LogP contribution in [0.1, 0.15) is 25.3 Å². The van der Waals surface area contributed by atoms with E-state index < -0.39 is 0 Å². The number of nitrogen functional groups attached to an aromatic ring is 1. The normalized spacial score (nSPS) is 18.9. The summed E-state index contributed by atoms with van der Waals surface area (Å²) in [5.41, 5.74) is 8.31. The minimum atomic E-state index is 0.275. The first kappa shape index (κ1) is 12.4. The molecule has 1 aromatic carbocycles. The second-order valence-electron chi connectivity index (χ2n) is 5.08. The van der Waals surface area contributed by atoms with Crippen molar-refractivity contribution >= 4 is 5.69 Å².